The Morgan fingerprint density at radius 2 is 1.68 bits per heavy atom. The number of aromatic hydroxyl groups is 1. The maximum absolute atomic E-state index is 9.99. The number of nitrogens with one attached hydrogen (secondary N) is 1. The monoisotopic (exact) mass is 275 g/mol. The van der Waals surface area contributed by atoms with E-state index in [-0.39, 0.29) is 6.04 Å². The first-order valence-corrected chi connectivity index (χ1v) is 6.67. The zero-order chi connectivity index (χ0) is 14.0. The molecule has 0 aliphatic carbocycles. The van der Waals surface area contributed by atoms with Crippen molar-refractivity contribution >= 4 is 17.3 Å². The molecule has 100 valence electrons. The number of benzene rings is 2. The van der Waals surface area contributed by atoms with Crippen molar-refractivity contribution in [2.75, 3.05) is 5.32 Å². The van der Waals surface area contributed by atoms with Crippen LogP contribution in [0.2, 0.25) is 5.02 Å². The number of rotatable bonds is 3. The third-order valence-electron chi connectivity index (χ3n) is 3.15. The van der Waals surface area contributed by atoms with E-state index < -0.39 is 0 Å². The minimum atomic E-state index is -0.0140. The Kier molecular flexibility index (Phi) is 4.01. The maximum Gasteiger partial charge on any atom is 0.121 e. The molecule has 0 bridgehead atoms. The summed E-state index contributed by atoms with van der Waals surface area (Å²) in [5, 5.41) is 14.0. The summed E-state index contributed by atoms with van der Waals surface area (Å²) in [4.78, 5) is 0. The first-order chi connectivity index (χ1) is 8.97. The predicted molar refractivity (Wildman–Crippen MR) is 81.1 cm³/mol. The lowest BCUT2D eigenvalue weighted by molar-refractivity contribution is 0.465. The predicted octanol–water partition coefficient (Wildman–Crippen LogP) is 4.84. The molecule has 1 atom stereocenters. The molecule has 0 spiro atoms. The Labute approximate surface area is 119 Å². The summed E-state index contributed by atoms with van der Waals surface area (Å²) in [6.07, 6.45) is 0. The molecule has 0 heterocycles. The van der Waals surface area contributed by atoms with Crippen LogP contribution >= 0.6 is 11.6 Å². The van der Waals surface area contributed by atoms with Crippen LogP contribution in [0.5, 0.6) is 5.75 Å². The summed E-state index contributed by atoms with van der Waals surface area (Å²) < 4.78 is 0. The van der Waals surface area contributed by atoms with Crippen LogP contribution in [-0.2, 0) is 0 Å². The number of phenolic OH excluding ortho intramolecular Hbond substituents is 1. The van der Waals surface area contributed by atoms with Gasteiger partial charge in [-0.3, -0.25) is 0 Å². The van der Waals surface area contributed by atoms with Gasteiger partial charge in [-0.2, -0.15) is 0 Å². The molecular weight excluding hydrogens is 258 g/mol. The molecule has 0 saturated carbocycles. The third-order valence-corrected chi connectivity index (χ3v) is 3.48. The lowest BCUT2D eigenvalue weighted by Crippen LogP contribution is -2.07. The van der Waals surface area contributed by atoms with Crippen LogP contribution in [0.4, 0.5) is 5.69 Å². The summed E-state index contributed by atoms with van der Waals surface area (Å²) in [7, 11) is 0. The number of aryl methyl sites for hydroxylation is 2. The van der Waals surface area contributed by atoms with Crippen molar-refractivity contribution in [3.63, 3.8) is 0 Å². The Morgan fingerprint density at radius 3 is 2.37 bits per heavy atom. The second-order valence-corrected chi connectivity index (χ2v) is 5.32. The number of halogens is 1. The molecule has 1 unspecified atom stereocenters. The molecule has 0 saturated heterocycles. The van der Waals surface area contributed by atoms with Gasteiger partial charge in [0.05, 0.1) is 16.8 Å². The molecule has 2 aromatic carbocycles. The fraction of sp³-hybridized carbons (Fsp3) is 0.250. The van der Waals surface area contributed by atoms with Crippen molar-refractivity contribution in [3.05, 3.63) is 58.1 Å². The smallest absolute Gasteiger partial charge is 0.121 e. The standard InChI is InChI=1S/C16H18ClNO/c1-10-5-7-14(17)15(8-10)18-12(3)13-6-4-11(2)9-16(13)19/h4-9,12,18-19H,1-3H3. The van der Waals surface area contributed by atoms with Gasteiger partial charge in [0.15, 0.2) is 0 Å². The van der Waals surface area contributed by atoms with Gasteiger partial charge in [-0.05, 0) is 50.1 Å². The van der Waals surface area contributed by atoms with Crippen molar-refractivity contribution in [1.29, 1.82) is 0 Å². The van der Waals surface area contributed by atoms with E-state index in [2.05, 4.69) is 5.32 Å². The van der Waals surface area contributed by atoms with Gasteiger partial charge in [-0.1, -0.05) is 29.8 Å². The number of phenols is 1. The molecule has 0 aromatic heterocycles. The molecular formula is C16H18ClNO. The summed E-state index contributed by atoms with van der Waals surface area (Å²) in [5.74, 6) is 0.309. The van der Waals surface area contributed by atoms with E-state index in [1.165, 1.54) is 0 Å². The van der Waals surface area contributed by atoms with Crippen molar-refractivity contribution in [3.8, 4) is 5.75 Å². The third kappa shape index (κ3) is 3.21. The molecule has 0 radical (unpaired) electrons. The van der Waals surface area contributed by atoms with Gasteiger partial charge in [0.1, 0.15) is 5.75 Å². The van der Waals surface area contributed by atoms with E-state index in [1.807, 2.05) is 51.1 Å². The maximum atomic E-state index is 9.99. The molecule has 0 fully saturated rings. The number of anilines is 1. The molecule has 2 N–H and O–H groups in total. The lowest BCUT2D eigenvalue weighted by atomic mass is 10.0. The largest absolute Gasteiger partial charge is 0.508 e. The van der Waals surface area contributed by atoms with Crippen molar-refractivity contribution in [2.45, 2.75) is 26.8 Å². The lowest BCUT2D eigenvalue weighted by Gasteiger charge is -2.18. The van der Waals surface area contributed by atoms with Crippen LogP contribution in [0.3, 0.4) is 0 Å². The van der Waals surface area contributed by atoms with E-state index >= 15 is 0 Å². The van der Waals surface area contributed by atoms with Gasteiger partial charge in [0, 0.05) is 5.56 Å². The van der Waals surface area contributed by atoms with Crippen LogP contribution in [0.1, 0.15) is 29.7 Å². The topological polar surface area (TPSA) is 32.3 Å². The van der Waals surface area contributed by atoms with Crippen LogP contribution in [0, 0.1) is 13.8 Å². The van der Waals surface area contributed by atoms with Gasteiger partial charge in [0.2, 0.25) is 0 Å². The van der Waals surface area contributed by atoms with Gasteiger partial charge in [-0.15, -0.1) is 0 Å². The average Bonchev–Trinajstić information content (AvgIpc) is 2.33. The Morgan fingerprint density at radius 1 is 1.05 bits per heavy atom. The molecule has 0 amide bonds. The van der Waals surface area contributed by atoms with E-state index in [0.29, 0.717) is 10.8 Å². The van der Waals surface area contributed by atoms with Crippen molar-refractivity contribution in [2.24, 2.45) is 0 Å². The highest BCUT2D eigenvalue weighted by atomic mass is 35.5. The van der Waals surface area contributed by atoms with Gasteiger partial charge in [-0.25, -0.2) is 0 Å². The molecule has 0 aliphatic heterocycles. The summed E-state index contributed by atoms with van der Waals surface area (Å²) in [5.41, 5.74) is 3.94. The minimum Gasteiger partial charge on any atom is -0.508 e. The first-order valence-electron chi connectivity index (χ1n) is 6.29. The average molecular weight is 276 g/mol. The zero-order valence-corrected chi connectivity index (χ0v) is 12.1. The molecule has 2 nitrogen and oxygen atoms in total. The molecule has 19 heavy (non-hydrogen) atoms. The van der Waals surface area contributed by atoms with E-state index in [9.17, 15) is 5.11 Å². The highest BCUT2D eigenvalue weighted by Crippen LogP contribution is 2.31. The van der Waals surface area contributed by atoms with E-state index in [4.69, 9.17) is 11.6 Å². The van der Waals surface area contributed by atoms with E-state index in [1.54, 1.807) is 6.07 Å². The molecule has 2 aromatic rings. The Bertz CT molecular complexity index is 595. The van der Waals surface area contributed by atoms with Crippen molar-refractivity contribution < 1.29 is 5.11 Å². The second kappa shape index (κ2) is 5.54. The summed E-state index contributed by atoms with van der Waals surface area (Å²) in [6, 6.07) is 11.5. The van der Waals surface area contributed by atoms with Crippen LogP contribution in [0.15, 0.2) is 36.4 Å². The highest BCUT2D eigenvalue weighted by Gasteiger charge is 2.11. The number of hydrogen-bond donors (Lipinski definition) is 2. The molecule has 0 aliphatic rings. The SMILES string of the molecule is Cc1ccc(C(C)Nc2cc(C)ccc2Cl)c(O)c1. The Hall–Kier alpha value is -1.67. The van der Waals surface area contributed by atoms with Crippen LogP contribution in [0.25, 0.3) is 0 Å². The molecule has 3 heteroatoms. The fourth-order valence-electron chi connectivity index (χ4n) is 2.08. The minimum absolute atomic E-state index is 0.0140. The summed E-state index contributed by atoms with van der Waals surface area (Å²) >= 11 is 6.17. The quantitative estimate of drug-likeness (QED) is 0.840. The molecule has 2 rings (SSSR count). The highest BCUT2D eigenvalue weighted by molar-refractivity contribution is 6.33. The Balaban J connectivity index is 2.25. The van der Waals surface area contributed by atoms with Crippen LogP contribution in [-0.4, -0.2) is 5.11 Å². The van der Waals surface area contributed by atoms with Gasteiger partial charge >= 0.3 is 0 Å². The van der Waals surface area contributed by atoms with Gasteiger partial charge in [0.25, 0.3) is 0 Å². The van der Waals surface area contributed by atoms with Gasteiger partial charge < -0.3 is 10.4 Å². The van der Waals surface area contributed by atoms with Crippen molar-refractivity contribution in [1.82, 2.24) is 0 Å². The fourth-order valence-corrected chi connectivity index (χ4v) is 2.25. The van der Waals surface area contributed by atoms with Crippen LogP contribution < -0.4 is 5.32 Å². The van der Waals surface area contributed by atoms with E-state index in [0.717, 1.165) is 22.4 Å². The zero-order valence-electron chi connectivity index (χ0n) is 11.4. The number of hydrogen-bond acceptors (Lipinski definition) is 2. The second-order valence-electron chi connectivity index (χ2n) is 4.91. The normalized spacial score (nSPS) is 12.2. The summed E-state index contributed by atoms with van der Waals surface area (Å²) in [6.45, 7) is 5.98. The first kappa shape index (κ1) is 13.8.